The lowest BCUT2D eigenvalue weighted by Crippen LogP contribution is -3.17. The molecule has 2 aliphatic rings. The Kier molecular flexibility index (Phi) is 5.34. The molecule has 0 aromatic heterocycles. The Labute approximate surface area is 159 Å². The van der Waals surface area contributed by atoms with E-state index in [1.807, 2.05) is 0 Å². The summed E-state index contributed by atoms with van der Waals surface area (Å²) in [5.74, 6) is -1.41. The number of benzene rings is 1. The minimum atomic E-state index is -3.84. The smallest absolute Gasteiger partial charge is 0.420 e. The summed E-state index contributed by atoms with van der Waals surface area (Å²) < 4.78 is 29.5. The number of halogens is 3. The molecule has 0 aliphatic carbocycles. The molecule has 2 heterocycles. The van der Waals surface area contributed by atoms with E-state index >= 15 is 0 Å². The molecule has 2 fully saturated rings. The van der Waals surface area contributed by atoms with E-state index in [4.69, 9.17) is 17.3 Å². The standard InChI is InChI=1S/C17H18ClF2N3O4/c18-17(19,20)27-12-3-1-11(2-4-12)23-14(24)9-13(16(23)26)22-7-5-10(6-8-22)15(21)25/h1-4,10,13H,5-9H2,(H2,21,25)/p+1. The molecule has 1 unspecified atom stereocenters. The van der Waals surface area contributed by atoms with Crippen LogP contribution in [0, 0.1) is 5.92 Å². The van der Waals surface area contributed by atoms with Gasteiger partial charge in [-0.25, -0.2) is 4.90 Å². The first-order valence-electron chi connectivity index (χ1n) is 8.52. The molecule has 0 spiro atoms. The van der Waals surface area contributed by atoms with Crippen LogP contribution in [0.3, 0.4) is 0 Å². The molecule has 0 bridgehead atoms. The van der Waals surface area contributed by atoms with Gasteiger partial charge >= 0.3 is 5.57 Å². The van der Waals surface area contributed by atoms with Gasteiger partial charge in [0.2, 0.25) is 11.8 Å². The van der Waals surface area contributed by atoms with Gasteiger partial charge in [-0.15, -0.1) is 8.78 Å². The fourth-order valence-electron chi connectivity index (χ4n) is 3.64. The van der Waals surface area contributed by atoms with Gasteiger partial charge in [0, 0.05) is 30.4 Å². The van der Waals surface area contributed by atoms with Crippen LogP contribution in [-0.2, 0) is 14.4 Å². The summed E-state index contributed by atoms with van der Waals surface area (Å²) >= 11 is 4.71. The Balaban J connectivity index is 1.68. The first-order chi connectivity index (χ1) is 12.7. The first-order valence-corrected chi connectivity index (χ1v) is 8.90. The van der Waals surface area contributed by atoms with Crippen LogP contribution in [0.25, 0.3) is 0 Å². The van der Waals surface area contributed by atoms with Crippen LogP contribution in [-0.4, -0.2) is 42.4 Å². The van der Waals surface area contributed by atoms with E-state index in [9.17, 15) is 23.2 Å². The maximum absolute atomic E-state index is 12.8. The molecule has 7 nitrogen and oxygen atoms in total. The zero-order valence-electron chi connectivity index (χ0n) is 14.3. The molecular formula is C17H19ClF2N3O4+. The van der Waals surface area contributed by atoms with Gasteiger partial charge in [0.15, 0.2) is 6.04 Å². The number of imide groups is 1. The van der Waals surface area contributed by atoms with Crippen molar-refractivity contribution in [2.24, 2.45) is 11.7 Å². The lowest BCUT2D eigenvalue weighted by molar-refractivity contribution is -0.920. The van der Waals surface area contributed by atoms with Crippen molar-refractivity contribution in [1.29, 1.82) is 0 Å². The van der Waals surface area contributed by atoms with Crippen LogP contribution in [0.5, 0.6) is 5.75 Å². The van der Waals surface area contributed by atoms with Crippen molar-refractivity contribution in [2.45, 2.75) is 30.9 Å². The number of carbonyl (C=O) groups is 3. The number of nitrogens with one attached hydrogen (secondary N) is 1. The van der Waals surface area contributed by atoms with Crippen molar-refractivity contribution in [3.63, 3.8) is 0 Å². The van der Waals surface area contributed by atoms with Crippen LogP contribution < -0.4 is 20.3 Å². The SMILES string of the molecule is NC(=O)C1CC[NH+](C2CC(=O)N(c3ccc(OC(F)(F)Cl)cc3)C2=O)CC1. The van der Waals surface area contributed by atoms with Crippen molar-refractivity contribution in [3.8, 4) is 5.75 Å². The van der Waals surface area contributed by atoms with Crippen LogP contribution in [0.15, 0.2) is 24.3 Å². The second kappa shape index (κ2) is 7.40. The summed E-state index contributed by atoms with van der Waals surface area (Å²) in [6.07, 6.45) is 1.23. The Morgan fingerprint density at radius 3 is 2.33 bits per heavy atom. The Morgan fingerprint density at radius 1 is 1.22 bits per heavy atom. The predicted octanol–water partition coefficient (Wildman–Crippen LogP) is 0.267. The highest BCUT2D eigenvalue weighted by molar-refractivity contribution is 6.22. The number of nitrogens with zero attached hydrogens (tertiary/aromatic N) is 1. The molecule has 0 saturated carbocycles. The number of ether oxygens (including phenoxy) is 1. The van der Waals surface area contributed by atoms with Gasteiger partial charge in [0.05, 0.1) is 25.2 Å². The maximum Gasteiger partial charge on any atom is 0.487 e. The topological polar surface area (TPSA) is 94.1 Å². The molecule has 2 saturated heterocycles. The van der Waals surface area contributed by atoms with Gasteiger partial charge in [-0.05, 0) is 24.3 Å². The number of carbonyl (C=O) groups excluding carboxylic acids is 3. The molecule has 146 valence electrons. The van der Waals surface area contributed by atoms with E-state index in [2.05, 4.69) is 4.74 Å². The summed E-state index contributed by atoms with van der Waals surface area (Å²) in [6, 6.07) is 4.61. The van der Waals surface area contributed by atoms with E-state index in [0.29, 0.717) is 25.9 Å². The third-order valence-corrected chi connectivity index (χ3v) is 5.08. The van der Waals surface area contributed by atoms with Gasteiger partial charge in [-0.1, -0.05) is 0 Å². The fraction of sp³-hybridized carbons (Fsp3) is 0.471. The number of amides is 3. The zero-order chi connectivity index (χ0) is 19.8. The van der Waals surface area contributed by atoms with Gasteiger partial charge in [0.25, 0.3) is 5.91 Å². The number of hydrogen-bond donors (Lipinski definition) is 2. The number of rotatable bonds is 5. The Bertz CT molecular complexity index is 746. The molecule has 1 atom stereocenters. The van der Waals surface area contributed by atoms with E-state index in [1.165, 1.54) is 24.3 Å². The summed E-state index contributed by atoms with van der Waals surface area (Å²) in [5.41, 5.74) is 1.76. The average Bonchev–Trinajstić information content (AvgIpc) is 2.89. The predicted molar refractivity (Wildman–Crippen MR) is 91.4 cm³/mol. The Hall–Kier alpha value is -2.26. The lowest BCUT2D eigenvalue weighted by atomic mass is 9.95. The molecule has 3 N–H and O–H groups in total. The van der Waals surface area contributed by atoms with E-state index < -0.39 is 11.6 Å². The molecule has 2 aliphatic heterocycles. The third kappa shape index (κ3) is 4.36. The number of anilines is 1. The molecule has 0 radical (unpaired) electrons. The van der Waals surface area contributed by atoms with Crippen LogP contribution in [0.2, 0.25) is 0 Å². The summed E-state index contributed by atoms with van der Waals surface area (Å²) in [4.78, 5) is 38.4. The molecule has 27 heavy (non-hydrogen) atoms. The van der Waals surface area contributed by atoms with Crippen LogP contribution in [0.4, 0.5) is 14.5 Å². The van der Waals surface area contributed by atoms with Crippen molar-refractivity contribution >= 4 is 35.0 Å². The zero-order valence-corrected chi connectivity index (χ0v) is 15.0. The number of primary amides is 1. The summed E-state index contributed by atoms with van der Waals surface area (Å²) in [7, 11) is 0. The normalized spacial score (nSPS) is 26.3. The Morgan fingerprint density at radius 2 is 1.81 bits per heavy atom. The number of quaternary nitrogens is 1. The van der Waals surface area contributed by atoms with Gasteiger partial charge in [0.1, 0.15) is 5.75 Å². The van der Waals surface area contributed by atoms with Crippen molar-refractivity contribution in [1.82, 2.24) is 0 Å². The number of hydrogen-bond acceptors (Lipinski definition) is 4. The maximum atomic E-state index is 12.8. The highest BCUT2D eigenvalue weighted by Crippen LogP contribution is 2.28. The molecule has 10 heteroatoms. The molecule has 1 aromatic rings. The lowest BCUT2D eigenvalue weighted by Gasteiger charge is -2.30. The van der Waals surface area contributed by atoms with E-state index in [1.54, 1.807) is 0 Å². The highest BCUT2D eigenvalue weighted by atomic mass is 35.5. The van der Waals surface area contributed by atoms with Crippen molar-refractivity contribution < 1.29 is 32.8 Å². The van der Waals surface area contributed by atoms with E-state index in [-0.39, 0.29) is 41.5 Å². The summed E-state index contributed by atoms with van der Waals surface area (Å²) in [5, 5.41) is 0. The third-order valence-electron chi connectivity index (χ3n) is 5.00. The number of piperidine rings is 1. The monoisotopic (exact) mass is 402 g/mol. The fourth-order valence-corrected chi connectivity index (χ4v) is 3.73. The summed E-state index contributed by atoms with van der Waals surface area (Å²) in [6.45, 7) is 1.17. The molecule has 1 aromatic carbocycles. The second-order valence-corrected chi connectivity index (χ2v) is 7.14. The quantitative estimate of drug-likeness (QED) is 0.546. The number of nitrogens with two attached hydrogens (primary N) is 1. The number of likely N-dealkylation sites (tertiary alicyclic amines) is 1. The first kappa shape index (κ1) is 19.5. The van der Waals surface area contributed by atoms with Gasteiger partial charge in [-0.2, -0.15) is 0 Å². The van der Waals surface area contributed by atoms with E-state index in [0.717, 1.165) is 9.80 Å². The number of alkyl halides is 3. The largest absolute Gasteiger partial charge is 0.487 e. The molecule has 3 amide bonds. The van der Waals surface area contributed by atoms with Crippen LogP contribution >= 0.6 is 11.6 Å². The minimum Gasteiger partial charge on any atom is -0.420 e. The van der Waals surface area contributed by atoms with Gasteiger partial charge < -0.3 is 15.4 Å². The second-order valence-electron chi connectivity index (χ2n) is 6.70. The van der Waals surface area contributed by atoms with Gasteiger partial charge in [-0.3, -0.25) is 14.4 Å². The van der Waals surface area contributed by atoms with Crippen molar-refractivity contribution in [2.75, 3.05) is 18.0 Å². The molecule has 3 rings (SSSR count). The molecular weight excluding hydrogens is 384 g/mol. The minimum absolute atomic E-state index is 0.0629. The van der Waals surface area contributed by atoms with Crippen LogP contribution in [0.1, 0.15) is 19.3 Å². The van der Waals surface area contributed by atoms with Crippen molar-refractivity contribution in [3.05, 3.63) is 24.3 Å². The average molecular weight is 403 g/mol. The highest BCUT2D eigenvalue weighted by Gasteiger charge is 2.46.